The lowest BCUT2D eigenvalue weighted by molar-refractivity contribution is 0.766. The van der Waals surface area contributed by atoms with Gasteiger partial charge in [0.2, 0.25) is 0 Å². The number of benzene rings is 6. The van der Waals surface area contributed by atoms with Crippen molar-refractivity contribution in [1.82, 2.24) is 15.0 Å². The fraction of sp³-hybridized carbons (Fsp3) is 0.0465. The molecule has 0 unspecified atom stereocenters. The van der Waals surface area contributed by atoms with Crippen LogP contribution < -0.4 is 0 Å². The fourth-order valence-electron chi connectivity index (χ4n) is 7.35. The molecule has 0 N–H and O–H groups in total. The third-order valence-electron chi connectivity index (χ3n) is 9.45. The van der Waals surface area contributed by atoms with E-state index in [1.807, 2.05) is 18.2 Å². The van der Waals surface area contributed by atoms with Crippen LogP contribution in [0.1, 0.15) is 38.9 Å². The lowest BCUT2D eigenvalue weighted by Crippen LogP contribution is -2.29. The van der Waals surface area contributed by atoms with Gasteiger partial charge in [0, 0.05) is 16.7 Å². The lowest BCUT2D eigenvalue weighted by Gasteiger charge is -2.35. The first-order chi connectivity index (χ1) is 22.7. The second kappa shape index (κ2) is 10.3. The normalized spacial score (nSPS) is 13.4. The third-order valence-corrected chi connectivity index (χ3v) is 9.45. The summed E-state index contributed by atoms with van der Waals surface area (Å²) in [5.41, 5.74) is 13.7. The highest BCUT2D eigenvalue weighted by molar-refractivity contribution is 5.92. The van der Waals surface area contributed by atoms with Gasteiger partial charge in [-0.2, -0.15) is 0 Å². The van der Waals surface area contributed by atoms with Gasteiger partial charge in [-0.15, -0.1) is 0 Å². The molecule has 0 bridgehead atoms. The summed E-state index contributed by atoms with van der Waals surface area (Å²) in [6.45, 7) is 2.09. The summed E-state index contributed by atoms with van der Waals surface area (Å²) in [6, 6.07) is 51.9. The molecule has 0 atom stereocenters. The zero-order chi connectivity index (χ0) is 30.7. The second-order valence-electron chi connectivity index (χ2n) is 12.1. The molecule has 216 valence electrons. The molecule has 0 amide bonds. The molecule has 1 aromatic heterocycles. The fourth-order valence-corrected chi connectivity index (χ4v) is 7.35. The summed E-state index contributed by atoms with van der Waals surface area (Å²) in [5, 5.41) is 0. The number of hydrogen-bond acceptors (Lipinski definition) is 3. The Bertz CT molecular complexity index is 2270. The minimum Gasteiger partial charge on any atom is -0.208 e. The summed E-state index contributed by atoms with van der Waals surface area (Å²) in [7, 11) is 0. The monoisotopic (exact) mass is 587 g/mol. The number of aromatic nitrogens is 3. The van der Waals surface area contributed by atoms with Crippen molar-refractivity contribution in [3.05, 3.63) is 185 Å². The van der Waals surface area contributed by atoms with Gasteiger partial charge in [-0.3, -0.25) is 0 Å². The summed E-state index contributed by atoms with van der Waals surface area (Å²) in [5.74, 6) is 1.99. The molecule has 0 radical (unpaired) electrons. The van der Waals surface area contributed by atoms with E-state index in [0.29, 0.717) is 17.5 Å². The molecule has 1 spiro atoms. The van der Waals surface area contributed by atoms with Crippen LogP contribution in [0.25, 0.3) is 57.4 Å². The molecule has 0 aliphatic heterocycles. The van der Waals surface area contributed by atoms with E-state index in [2.05, 4.69) is 146 Å². The Morgan fingerprint density at radius 3 is 1.52 bits per heavy atom. The van der Waals surface area contributed by atoms with Gasteiger partial charge < -0.3 is 0 Å². The van der Waals surface area contributed by atoms with Crippen molar-refractivity contribution in [2.45, 2.75) is 12.3 Å². The van der Waals surface area contributed by atoms with Crippen molar-refractivity contribution in [2.75, 3.05) is 0 Å². The zero-order valence-corrected chi connectivity index (χ0v) is 25.4. The minimum atomic E-state index is -0.456. The Hall–Kier alpha value is -5.93. The number of nitrogens with zero attached hydrogens (tertiary/aromatic N) is 3. The quantitative estimate of drug-likeness (QED) is 0.206. The molecule has 3 nitrogen and oxygen atoms in total. The second-order valence-corrected chi connectivity index (χ2v) is 12.1. The molecule has 6 aromatic carbocycles. The van der Waals surface area contributed by atoms with Crippen molar-refractivity contribution in [3.63, 3.8) is 0 Å². The van der Waals surface area contributed by atoms with E-state index in [4.69, 9.17) is 15.0 Å². The Morgan fingerprint density at radius 1 is 0.391 bits per heavy atom. The highest BCUT2D eigenvalue weighted by atomic mass is 15.0. The van der Waals surface area contributed by atoms with Crippen LogP contribution in [0.4, 0.5) is 0 Å². The van der Waals surface area contributed by atoms with Gasteiger partial charge in [-0.05, 0) is 57.5 Å². The van der Waals surface area contributed by atoms with E-state index in [1.54, 1.807) is 0 Å². The molecule has 0 saturated carbocycles. The molecule has 9 rings (SSSR count). The SMILES string of the molecule is Cc1ccc(-c2nc(-c3ccccc3)nc(-c3ccc4c(c3)-c3ccccc3C43c4ccccc4C=Cc4ccccc43)n2)cc1. The summed E-state index contributed by atoms with van der Waals surface area (Å²) in [6.07, 6.45) is 4.53. The van der Waals surface area contributed by atoms with Crippen LogP contribution in [0, 0.1) is 6.92 Å². The Morgan fingerprint density at radius 2 is 0.870 bits per heavy atom. The van der Waals surface area contributed by atoms with Gasteiger partial charge >= 0.3 is 0 Å². The van der Waals surface area contributed by atoms with Crippen LogP contribution in [-0.4, -0.2) is 15.0 Å². The van der Waals surface area contributed by atoms with E-state index < -0.39 is 5.41 Å². The van der Waals surface area contributed by atoms with Crippen LogP contribution in [0.5, 0.6) is 0 Å². The Labute approximate surface area is 268 Å². The number of fused-ring (bicyclic) bond motifs is 9. The topological polar surface area (TPSA) is 38.7 Å². The van der Waals surface area contributed by atoms with Crippen molar-refractivity contribution in [2.24, 2.45) is 0 Å². The van der Waals surface area contributed by atoms with Gasteiger partial charge in [0.25, 0.3) is 0 Å². The largest absolute Gasteiger partial charge is 0.208 e. The molecule has 0 fully saturated rings. The van der Waals surface area contributed by atoms with Gasteiger partial charge in [-0.1, -0.05) is 157 Å². The summed E-state index contributed by atoms with van der Waals surface area (Å²) in [4.78, 5) is 15.1. The number of aryl methyl sites for hydroxylation is 1. The van der Waals surface area contributed by atoms with Crippen molar-refractivity contribution >= 4 is 12.2 Å². The lowest BCUT2D eigenvalue weighted by atomic mass is 9.66. The molecule has 0 saturated heterocycles. The van der Waals surface area contributed by atoms with Gasteiger partial charge in [0.05, 0.1) is 5.41 Å². The van der Waals surface area contributed by atoms with Crippen LogP contribution in [0.15, 0.2) is 146 Å². The first kappa shape index (κ1) is 26.5. The van der Waals surface area contributed by atoms with Crippen molar-refractivity contribution in [3.8, 4) is 45.3 Å². The molecule has 2 aliphatic rings. The van der Waals surface area contributed by atoms with Crippen LogP contribution in [0.3, 0.4) is 0 Å². The highest BCUT2D eigenvalue weighted by Crippen LogP contribution is 2.58. The predicted molar refractivity (Wildman–Crippen MR) is 187 cm³/mol. The molecule has 2 aliphatic carbocycles. The molecular formula is C43H29N3. The average molecular weight is 588 g/mol. The maximum absolute atomic E-state index is 5.07. The highest BCUT2D eigenvalue weighted by Gasteiger charge is 2.48. The van der Waals surface area contributed by atoms with Crippen molar-refractivity contribution in [1.29, 1.82) is 0 Å². The van der Waals surface area contributed by atoms with E-state index in [9.17, 15) is 0 Å². The third kappa shape index (κ3) is 3.95. The Kier molecular flexibility index (Phi) is 5.94. The standard InChI is InChI=1S/C43H29N3/c1-28-19-21-32(22-20-28)41-44-40(31-13-3-2-4-14-31)45-42(46-41)33-25-26-39-35(27-33)34-15-7-10-18-38(34)43(39)36-16-8-5-11-29(36)23-24-30-12-6-9-17-37(30)43/h2-27H,1H3. The molecule has 1 heterocycles. The maximum Gasteiger partial charge on any atom is 0.164 e. The van der Waals surface area contributed by atoms with E-state index >= 15 is 0 Å². The molecule has 46 heavy (non-hydrogen) atoms. The van der Waals surface area contributed by atoms with E-state index in [1.165, 1.54) is 50.1 Å². The first-order valence-corrected chi connectivity index (χ1v) is 15.7. The minimum absolute atomic E-state index is 0.456. The van der Waals surface area contributed by atoms with Crippen LogP contribution >= 0.6 is 0 Å². The van der Waals surface area contributed by atoms with E-state index in [0.717, 1.165) is 16.7 Å². The molecule has 7 aromatic rings. The van der Waals surface area contributed by atoms with Crippen LogP contribution in [-0.2, 0) is 5.41 Å². The van der Waals surface area contributed by atoms with Gasteiger partial charge in [-0.25, -0.2) is 15.0 Å². The zero-order valence-electron chi connectivity index (χ0n) is 25.4. The van der Waals surface area contributed by atoms with Gasteiger partial charge in [0.15, 0.2) is 17.5 Å². The number of rotatable bonds is 3. The smallest absolute Gasteiger partial charge is 0.164 e. The van der Waals surface area contributed by atoms with E-state index in [-0.39, 0.29) is 0 Å². The first-order valence-electron chi connectivity index (χ1n) is 15.7. The number of hydrogen-bond donors (Lipinski definition) is 0. The maximum atomic E-state index is 5.07. The average Bonchev–Trinajstić information content (AvgIpc) is 3.32. The summed E-state index contributed by atoms with van der Waals surface area (Å²) < 4.78 is 0. The van der Waals surface area contributed by atoms with Gasteiger partial charge in [0.1, 0.15) is 0 Å². The Balaban J connectivity index is 1.30. The van der Waals surface area contributed by atoms with Crippen molar-refractivity contribution < 1.29 is 0 Å². The predicted octanol–water partition coefficient (Wildman–Crippen LogP) is 10.0. The molecule has 3 heteroatoms. The summed E-state index contributed by atoms with van der Waals surface area (Å²) >= 11 is 0. The van der Waals surface area contributed by atoms with Crippen LogP contribution in [0.2, 0.25) is 0 Å². The molecular weight excluding hydrogens is 558 g/mol.